The Morgan fingerprint density at radius 2 is 1.88 bits per heavy atom. The van der Waals surface area contributed by atoms with Crippen molar-refractivity contribution in [3.05, 3.63) is 24.0 Å². The van der Waals surface area contributed by atoms with E-state index in [0.29, 0.717) is 12.1 Å². The van der Waals surface area contributed by atoms with Gasteiger partial charge in [-0.25, -0.2) is 0 Å². The normalized spacial score (nSPS) is 19.8. The number of likely N-dealkylation sites (N-methyl/N-ethyl adjacent to an activating group) is 1. The molecule has 0 saturated carbocycles. The van der Waals surface area contributed by atoms with Gasteiger partial charge in [-0.1, -0.05) is 6.92 Å². The zero-order valence-electron chi connectivity index (χ0n) is 15.1. The molecule has 0 unspecified atom stereocenters. The number of hydrogen-bond acceptors (Lipinski definition) is 6. The Hall–Kier alpha value is -1.70. The topological polar surface area (TPSA) is 60.9 Å². The molecule has 2 aliphatic heterocycles. The number of nitrogens with zero attached hydrogens (tertiary/aromatic N) is 4. The predicted molar refractivity (Wildman–Crippen MR) is 98.2 cm³/mol. The van der Waals surface area contributed by atoms with Crippen LogP contribution in [0.2, 0.25) is 0 Å². The summed E-state index contributed by atoms with van der Waals surface area (Å²) in [5, 5.41) is 3.00. The van der Waals surface area contributed by atoms with Crippen molar-refractivity contribution in [2.75, 3.05) is 77.0 Å². The number of morpholine rings is 1. The SMILES string of the molecule is CCN1CCN(c2cncc(C(=O)NCCN3CCOCC3)c2)CC1. The molecule has 0 aliphatic carbocycles. The minimum absolute atomic E-state index is 0.0465. The van der Waals surface area contributed by atoms with Crippen molar-refractivity contribution in [2.24, 2.45) is 0 Å². The smallest absolute Gasteiger partial charge is 0.252 e. The minimum Gasteiger partial charge on any atom is -0.379 e. The molecule has 3 rings (SSSR count). The lowest BCUT2D eigenvalue weighted by molar-refractivity contribution is 0.0383. The summed E-state index contributed by atoms with van der Waals surface area (Å²) in [4.78, 5) is 23.7. The molecule has 3 heterocycles. The maximum absolute atomic E-state index is 12.4. The number of carbonyl (C=O) groups is 1. The molecule has 25 heavy (non-hydrogen) atoms. The van der Waals surface area contributed by atoms with Crippen LogP contribution >= 0.6 is 0 Å². The molecule has 1 aromatic rings. The summed E-state index contributed by atoms with van der Waals surface area (Å²) in [6.45, 7) is 12.3. The van der Waals surface area contributed by atoms with E-state index in [4.69, 9.17) is 4.74 Å². The van der Waals surface area contributed by atoms with Crippen LogP contribution in [0, 0.1) is 0 Å². The second-order valence-corrected chi connectivity index (χ2v) is 6.56. The Balaban J connectivity index is 1.49. The van der Waals surface area contributed by atoms with Crippen LogP contribution in [0.25, 0.3) is 0 Å². The molecular weight excluding hydrogens is 318 g/mol. The second kappa shape index (κ2) is 9.12. The molecule has 2 fully saturated rings. The van der Waals surface area contributed by atoms with Gasteiger partial charge < -0.3 is 19.9 Å². The molecule has 0 spiro atoms. The van der Waals surface area contributed by atoms with E-state index in [0.717, 1.165) is 71.3 Å². The average Bonchev–Trinajstić information content (AvgIpc) is 2.69. The van der Waals surface area contributed by atoms with E-state index in [-0.39, 0.29) is 5.91 Å². The van der Waals surface area contributed by atoms with E-state index in [9.17, 15) is 4.79 Å². The highest BCUT2D eigenvalue weighted by molar-refractivity contribution is 5.94. The van der Waals surface area contributed by atoms with Gasteiger partial charge in [-0.2, -0.15) is 0 Å². The third kappa shape index (κ3) is 5.14. The molecule has 1 aromatic heterocycles. The van der Waals surface area contributed by atoms with E-state index in [2.05, 4.69) is 31.9 Å². The number of ether oxygens (including phenoxy) is 1. The number of piperazine rings is 1. The molecule has 0 radical (unpaired) electrons. The van der Waals surface area contributed by atoms with Crippen LogP contribution in [0.15, 0.2) is 18.5 Å². The zero-order valence-corrected chi connectivity index (χ0v) is 15.1. The van der Waals surface area contributed by atoms with E-state index < -0.39 is 0 Å². The van der Waals surface area contributed by atoms with Crippen molar-refractivity contribution in [1.29, 1.82) is 0 Å². The summed E-state index contributed by atoms with van der Waals surface area (Å²) < 4.78 is 5.34. The number of anilines is 1. The number of hydrogen-bond donors (Lipinski definition) is 1. The molecule has 7 heteroatoms. The number of rotatable bonds is 6. The van der Waals surface area contributed by atoms with Crippen molar-refractivity contribution in [1.82, 2.24) is 20.1 Å². The number of aromatic nitrogens is 1. The van der Waals surface area contributed by atoms with Crippen LogP contribution < -0.4 is 10.2 Å². The third-order valence-corrected chi connectivity index (χ3v) is 4.99. The van der Waals surface area contributed by atoms with Crippen LogP contribution in [-0.2, 0) is 4.74 Å². The van der Waals surface area contributed by atoms with Crippen molar-refractivity contribution in [3.63, 3.8) is 0 Å². The van der Waals surface area contributed by atoms with Gasteiger partial charge in [-0.15, -0.1) is 0 Å². The highest BCUT2D eigenvalue weighted by atomic mass is 16.5. The maximum atomic E-state index is 12.4. The first-order valence-electron chi connectivity index (χ1n) is 9.27. The average molecular weight is 347 g/mol. The number of amides is 1. The van der Waals surface area contributed by atoms with Gasteiger partial charge in [0.2, 0.25) is 0 Å². The lowest BCUT2D eigenvalue weighted by Gasteiger charge is -2.35. The van der Waals surface area contributed by atoms with Gasteiger partial charge in [0, 0.05) is 58.6 Å². The molecular formula is C18H29N5O2. The molecule has 1 amide bonds. The number of nitrogens with one attached hydrogen (secondary N) is 1. The fourth-order valence-electron chi connectivity index (χ4n) is 3.30. The van der Waals surface area contributed by atoms with Crippen molar-refractivity contribution in [3.8, 4) is 0 Å². The molecule has 7 nitrogen and oxygen atoms in total. The minimum atomic E-state index is -0.0465. The first-order chi connectivity index (χ1) is 12.3. The molecule has 1 N–H and O–H groups in total. The third-order valence-electron chi connectivity index (χ3n) is 4.99. The van der Waals surface area contributed by atoms with E-state index in [1.807, 2.05) is 12.3 Å². The van der Waals surface area contributed by atoms with E-state index >= 15 is 0 Å². The highest BCUT2D eigenvalue weighted by Crippen LogP contribution is 2.16. The van der Waals surface area contributed by atoms with Gasteiger partial charge in [0.25, 0.3) is 5.91 Å². The summed E-state index contributed by atoms with van der Waals surface area (Å²) in [6.07, 6.45) is 3.50. The first-order valence-corrected chi connectivity index (χ1v) is 9.27. The van der Waals surface area contributed by atoms with Gasteiger partial charge in [0.15, 0.2) is 0 Å². The standard InChI is InChI=1S/C18H29N5O2/c1-2-21-5-7-23(8-6-21)17-13-16(14-19-15-17)18(24)20-3-4-22-9-11-25-12-10-22/h13-15H,2-12H2,1H3,(H,20,24). The zero-order chi connectivity index (χ0) is 17.5. The quantitative estimate of drug-likeness (QED) is 0.798. The molecule has 0 atom stereocenters. The fraction of sp³-hybridized carbons (Fsp3) is 0.667. The number of pyridine rings is 1. The van der Waals surface area contributed by atoms with Crippen molar-refractivity contribution >= 4 is 11.6 Å². The van der Waals surface area contributed by atoms with Gasteiger partial charge >= 0.3 is 0 Å². The van der Waals surface area contributed by atoms with Crippen molar-refractivity contribution in [2.45, 2.75) is 6.92 Å². The highest BCUT2D eigenvalue weighted by Gasteiger charge is 2.17. The Morgan fingerprint density at radius 1 is 1.12 bits per heavy atom. The predicted octanol–water partition coefficient (Wildman–Crippen LogP) is 0.286. The largest absolute Gasteiger partial charge is 0.379 e. The molecule has 0 bridgehead atoms. The summed E-state index contributed by atoms with van der Waals surface area (Å²) >= 11 is 0. The van der Waals surface area contributed by atoms with Crippen molar-refractivity contribution < 1.29 is 9.53 Å². The van der Waals surface area contributed by atoms with Crippen LogP contribution in [0.3, 0.4) is 0 Å². The van der Waals surface area contributed by atoms with Gasteiger partial charge in [0.05, 0.1) is 30.7 Å². The van der Waals surface area contributed by atoms with Gasteiger partial charge in [0.1, 0.15) is 0 Å². The number of carbonyl (C=O) groups excluding carboxylic acids is 1. The Kier molecular flexibility index (Phi) is 6.61. The first kappa shape index (κ1) is 18.1. The lowest BCUT2D eigenvalue weighted by Crippen LogP contribution is -2.46. The Bertz CT molecular complexity index is 554. The summed E-state index contributed by atoms with van der Waals surface area (Å²) in [5.41, 5.74) is 1.67. The van der Waals surface area contributed by atoms with Crippen LogP contribution in [0.4, 0.5) is 5.69 Å². The van der Waals surface area contributed by atoms with E-state index in [1.165, 1.54) is 0 Å². The van der Waals surface area contributed by atoms with E-state index in [1.54, 1.807) is 6.20 Å². The van der Waals surface area contributed by atoms with Gasteiger partial charge in [-0.05, 0) is 12.6 Å². The Labute approximate surface area is 149 Å². The van der Waals surface area contributed by atoms with Crippen LogP contribution in [0.1, 0.15) is 17.3 Å². The molecule has 2 aliphatic rings. The molecule has 2 saturated heterocycles. The second-order valence-electron chi connectivity index (χ2n) is 6.56. The van der Waals surface area contributed by atoms with Gasteiger partial charge in [-0.3, -0.25) is 14.7 Å². The lowest BCUT2D eigenvalue weighted by atomic mass is 10.2. The summed E-state index contributed by atoms with van der Waals surface area (Å²) in [7, 11) is 0. The Morgan fingerprint density at radius 3 is 2.60 bits per heavy atom. The van der Waals surface area contributed by atoms with Crippen LogP contribution in [-0.4, -0.2) is 92.8 Å². The van der Waals surface area contributed by atoms with Crippen LogP contribution in [0.5, 0.6) is 0 Å². The summed E-state index contributed by atoms with van der Waals surface area (Å²) in [5.74, 6) is -0.0465. The summed E-state index contributed by atoms with van der Waals surface area (Å²) in [6, 6.07) is 1.96. The maximum Gasteiger partial charge on any atom is 0.252 e. The molecule has 0 aromatic carbocycles. The fourth-order valence-corrected chi connectivity index (χ4v) is 3.30. The monoisotopic (exact) mass is 347 g/mol. The molecule has 138 valence electrons.